The van der Waals surface area contributed by atoms with Gasteiger partial charge in [0.05, 0.1) is 26.4 Å². The Morgan fingerprint density at radius 1 is 0.407 bits per heavy atom. The van der Waals surface area contributed by atoms with Crippen molar-refractivity contribution in [1.29, 1.82) is 0 Å². The van der Waals surface area contributed by atoms with Gasteiger partial charge in [-0.3, -0.25) is 4.79 Å². The van der Waals surface area contributed by atoms with E-state index in [1.165, 1.54) is 6.42 Å². The van der Waals surface area contributed by atoms with Crippen molar-refractivity contribution in [2.24, 2.45) is 0 Å². The predicted octanol–water partition coefficient (Wildman–Crippen LogP) is 11.9. The smallest absolute Gasteiger partial charge is 0.306 e. The molecule has 2 fully saturated rings. The van der Waals surface area contributed by atoms with E-state index in [1.807, 2.05) is 0 Å². The summed E-state index contributed by atoms with van der Waals surface area (Å²) in [6, 6.07) is 0. The molecule has 14 heteroatoms. The van der Waals surface area contributed by atoms with Crippen molar-refractivity contribution in [2.45, 2.75) is 248 Å². The Morgan fingerprint density at radius 2 is 0.765 bits per heavy atom. The minimum absolute atomic E-state index is 0.0334. The molecule has 0 spiro atoms. The maximum atomic E-state index is 13.1. The Morgan fingerprint density at radius 3 is 1.20 bits per heavy atom. The molecular formula is C67H108O14. The van der Waals surface area contributed by atoms with Crippen LogP contribution in [0.2, 0.25) is 0 Å². The molecule has 0 bridgehead atoms. The number of rotatable bonds is 48. The number of unbranched alkanes of at least 4 members (excludes halogenated alkanes) is 12. The van der Waals surface area contributed by atoms with Gasteiger partial charge in [0.1, 0.15) is 54.9 Å². The van der Waals surface area contributed by atoms with Gasteiger partial charge in [0.2, 0.25) is 0 Å². The summed E-state index contributed by atoms with van der Waals surface area (Å²) in [5.74, 6) is -0.400. The molecule has 2 aliphatic heterocycles. The molecule has 0 aromatic rings. The molecule has 0 amide bonds. The van der Waals surface area contributed by atoms with Gasteiger partial charge in [-0.05, 0) is 109 Å². The topological polar surface area (TPSA) is 214 Å². The number of esters is 1. The van der Waals surface area contributed by atoms with Gasteiger partial charge in [0.25, 0.3) is 0 Å². The summed E-state index contributed by atoms with van der Waals surface area (Å²) in [7, 11) is 0. The van der Waals surface area contributed by atoms with Gasteiger partial charge in [-0.15, -0.1) is 0 Å². The minimum Gasteiger partial charge on any atom is -0.457 e. The lowest BCUT2D eigenvalue weighted by Gasteiger charge is -2.42. The van der Waals surface area contributed by atoms with Crippen LogP contribution in [0.3, 0.4) is 0 Å². The summed E-state index contributed by atoms with van der Waals surface area (Å²) in [6.07, 6.45) is 57.9. The summed E-state index contributed by atoms with van der Waals surface area (Å²) in [5.41, 5.74) is 0. The first kappa shape index (κ1) is 73.2. The highest BCUT2D eigenvalue weighted by Gasteiger charge is 2.47. The summed E-state index contributed by atoms with van der Waals surface area (Å²) < 4.78 is 34.4. The first-order valence-corrected chi connectivity index (χ1v) is 30.8. The lowest BCUT2D eigenvalue weighted by molar-refractivity contribution is -0.332. The molecule has 7 N–H and O–H groups in total. The molecule has 11 unspecified atom stereocenters. The summed E-state index contributed by atoms with van der Waals surface area (Å²) in [5, 5.41) is 72.5. The fourth-order valence-electron chi connectivity index (χ4n) is 8.78. The third-order valence-corrected chi connectivity index (χ3v) is 13.7. The molecule has 0 aliphatic carbocycles. The SMILES string of the molecule is CC/C=C\C/C=C\C/C=C\C/C=C\C/C=C\C/C=C\CCCCCCCOCC(COC1OC(COC2OC(CO)C(O)C(O)C2O)C(O)C(O)C1O)OC(=O)CCCCCCCCC/C=C\C/C=C\C/C=C\C/C=C\C/C=C\CC. The Hall–Kier alpha value is -3.87. The van der Waals surface area contributed by atoms with Crippen LogP contribution in [0.5, 0.6) is 0 Å². The van der Waals surface area contributed by atoms with E-state index >= 15 is 0 Å². The number of carbonyl (C=O) groups is 1. The van der Waals surface area contributed by atoms with E-state index in [0.29, 0.717) is 13.0 Å². The van der Waals surface area contributed by atoms with Crippen molar-refractivity contribution in [3.63, 3.8) is 0 Å². The van der Waals surface area contributed by atoms with Crippen molar-refractivity contribution in [3.8, 4) is 0 Å². The van der Waals surface area contributed by atoms with Gasteiger partial charge in [0.15, 0.2) is 12.6 Å². The maximum absolute atomic E-state index is 13.1. The van der Waals surface area contributed by atoms with E-state index in [0.717, 1.165) is 148 Å². The van der Waals surface area contributed by atoms with Gasteiger partial charge in [0, 0.05) is 13.0 Å². The van der Waals surface area contributed by atoms with Gasteiger partial charge in [-0.2, -0.15) is 0 Å². The number of allylic oxidation sites excluding steroid dienone is 22. The Labute approximate surface area is 488 Å². The zero-order chi connectivity index (χ0) is 58.6. The summed E-state index contributed by atoms with van der Waals surface area (Å²) >= 11 is 0. The number of carbonyl (C=O) groups excluding carboxylic acids is 1. The second-order valence-electron chi connectivity index (χ2n) is 20.8. The minimum atomic E-state index is -1.72. The maximum Gasteiger partial charge on any atom is 0.306 e. The number of aliphatic hydroxyl groups excluding tert-OH is 7. The van der Waals surface area contributed by atoms with E-state index in [2.05, 4.69) is 148 Å². The van der Waals surface area contributed by atoms with Crippen LogP contribution in [-0.4, -0.2) is 142 Å². The van der Waals surface area contributed by atoms with E-state index in [1.54, 1.807) is 0 Å². The van der Waals surface area contributed by atoms with Crippen LogP contribution in [-0.2, 0) is 33.2 Å². The zero-order valence-electron chi connectivity index (χ0n) is 49.5. The number of hydrogen-bond donors (Lipinski definition) is 7. The number of hydrogen-bond acceptors (Lipinski definition) is 14. The van der Waals surface area contributed by atoms with Crippen LogP contribution in [0.1, 0.15) is 181 Å². The quantitative estimate of drug-likeness (QED) is 0.0172. The molecule has 460 valence electrons. The van der Waals surface area contributed by atoms with Gasteiger partial charge in [-0.25, -0.2) is 0 Å². The lowest BCUT2D eigenvalue weighted by Crippen LogP contribution is -2.61. The molecule has 11 atom stereocenters. The van der Waals surface area contributed by atoms with Crippen LogP contribution in [0.4, 0.5) is 0 Å². The fourth-order valence-corrected chi connectivity index (χ4v) is 8.78. The largest absolute Gasteiger partial charge is 0.457 e. The normalized spacial score (nSPS) is 24.7. The van der Waals surface area contributed by atoms with E-state index < -0.39 is 86.7 Å². The average Bonchev–Trinajstić information content (AvgIpc) is 3.46. The Balaban J connectivity index is 1.72. The Bertz CT molecular complexity index is 1850. The molecule has 0 saturated carbocycles. The van der Waals surface area contributed by atoms with Gasteiger partial charge < -0.3 is 64.2 Å². The van der Waals surface area contributed by atoms with Crippen molar-refractivity contribution >= 4 is 5.97 Å². The van der Waals surface area contributed by atoms with Gasteiger partial charge >= 0.3 is 5.97 Å². The number of ether oxygens (including phenoxy) is 6. The molecule has 0 aromatic heterocycles. The van der Waals surface area contributed by atoms with Crippen molar-refractivity contribution < 1.29 is 69.0 Å². The molecule has 2 heterocycles. The van der Waals surface area contributed by atoms with E-state index in [9.17, 15) is 40.5 Å². The highest BCUT2D eigenvalue weighted by molar-refractivity contribution is 5.69. The summed E-state index contributed by atoms with van der Waals surface area (Å²) in [6.45, 7) is 3.37. The monoisotopic (exact) mass is 1140 g/mol. The van der Waals surface area contributed by atoms with Crippen LogP contribution in [0.15, 0.2) is 134 Å². The fraction of sp³-hybridized carbons (Fsp3) is 0.657. The highest BCUT2D eigenvalue weighted by atomic mass is 16.7. The van der Waals surface area contributed by atoms with Crippen LogP contribution in [0.25, 0.3) is 0 Å². The van der Waals surface area contributed by atoms with E-state index in [4.69, 9.17) is 28.4 Å². The average molecular weight is 1140 g/mol. The van der Waals surface area contributed by atoms with E-state index in [-0.39, 0.29) is 19.6 Å². The molecule has 2 rings (SSSR count). The molecule has 14 nitrogen and oxygen atoms in total. The first-order valence-electron chi connectivity index (χ1n) is 30.8. The predicted molar refractivity (Wildman–Crippen MR) is 325 cm³/mol. The summed E-state index contributed by atoms with van der Waals surface area (Å²) in [4.78, 5) is 13.1. The molecule has 0 radical (unpaired) electrons. The Kier molecular flexibility index (Phi) is 46.8. The molecule has 0 aromatic carbocycles. The van der Waals surface area contributed by atoms with Crippen molar-refractivity contribution in [3.05, 3.63) is 134 Å². The van der Waals surface area contributed by atoms with Crippen LogP contribution < -0.4 is 0 Å². The molecular weight excluding hydrogens is 1030 g/mol. The third-order valence-electron chi connectivity index (χ3n) is 13.7. The zero-order valence-corrected chi connectivity index (χ0v) is 49.5. The second-order valence-corrected chi connectivity index (χ2v) is 20.8. The molecule has 81 heavy (non-hydrogen) atoms. The van der Waals surface area contributed by atoms with Crippen molar-refractivity contribution in [1.82, 2.24) is 0 Å². The molecule has 2 aliphatic rings. The first-order chi connectivity index (χ1) is 39.6. The van der Waals surface area contributed by atoms with Crippen LogP contribution >= 0.6 is 0 Å². The highest BCUT2D eigenvalue weighted by Crippen LogP contribution is 2.26. The van der Waals surface area contributed by atoms with Crippen molar-refractivity contribution in [2.75, 3.05) is 33.0 Å². The van der Waals surface area contributed by atoms with Gasteiger partial charge in [-0.1, -0.05) is 199 Å². The number of aliphatic hydroxyl groups is 7. The standard InChI is InChI=1S/C67H108O14/c1-3-5-7-9-11-13-15-17-19-21-23-25-27-29-31-33-35-37-39-41-43-45-47-49-51-76-53-56(54-77-66-65(75)63(73)61(71)58(81-66)55-78-67-64(74)62(72)60(70)57(52-68)80-67)79-59(69)50-48-46-44-42-40-38-36-34-32-30-28-26-24-22-20-18-16-14-12-10-8-6-4-2/h5-8,11-14,17-20,23-26,29-32,35,37,56-58,60-68,70-75H,3-4,9-10,15-16,21-22,27-28,33-34,36,38-55H2,1-2H3/b7-5-,8-6-,13-11-,14-12-,19-17-,20-18-,25-23-,26-24-,31-29-,32-30-,37-35-. The third kappa shape index (κ3) is 37.9. The lowest BCUT2D eigenvalue weighted by atomic mass is 9.98. The second kappa shape index (κ2) is 51.7. The molecule has 2 saturated heterocycles. The van der Waals surface area contributed by atoms with Crippen LogP contribution in [0, 0.1) is 0 Å².